The van der Waals surface area contributed by atoms with E-state index in [1.807, 2.05) is 0 Å². The number of carbonyl (C=O) groups excluding carboxylic acids is 2. The van der Waals surface area contributed by atoms with Crippen molar-refractivity contribution in [2.45, 2.75) is 19.4 Å². The zero-order valence-corrected chi connectivity index (χ0v) is 13.5. The first kappa shape index (κ1) is 16.9. The molecule has 5 nitrogen and oxygen atoms in total. The van der Waals surface area contributed by atoms with E-state index in [2.05, 4.69) is 5.32 Å². The van der Waals surface area contributed by atoms with Crippen molar-refractivity contribution in [3.05, 3.63) is 54.1 Å². The molecule has 1 aliphatic rings. The van der Waals surface area contributed by atoms with Gasteiger partial charge in [-0.2, -0.15) is 0 Å². The Hall–Kier alpha value is -2.96. The number of hydrogen-bond acceptors (Lipinski definition) is 3. The van der Waals surface area contributed by atoms with E-state index in [4.69, 9.17) is 4.74 Å². The molecule has 0 bridgehead atoms. The monoisotopic (exact) mass is 346 g/mol. The van der Waals surface area contributed by atoms with Gasteiger partial charge in [0.2, 0.25) is 5.91 Å². The summed E-state index contributed by atoms with van der Waals surface area (Å²) in [6.45, 7) is 1.31. The first-order valence-electron chi connectivity index (χ1n) is 7.74. The van der Waals surface area contributed by atoms with E-state index in [1.165, 1.54) is 4.90 Å². The van der Waals surface area contributed by atoms with E-state index in [-0.39, 0.29) is 18.1 Å². The van der Waals surface area contributed by atoms with Crippen LogP contribution in [0.1, 0.15) is 13.3 Å². The van der Waals surface area contributed by atoms with E-state index in [1.54, 1.807) is 31.2 Å². The molecule has 0 aromatic heterocycles. The highest BCUT2D eigenvalue weighted by atomic mass is 19.1. The Balaban J connectivity index is 1.81. The fourth-order valence-electron chi connectivity index (χ4n) is 2.77. The maximum Gasteiger partial charge on any atom is 0.265 e. The Bertz CT molecular complexity index is 826. The maximum atomic E-state index is 13.6. The second kappa shape index (κ2) is 6.88. The van der Waals surface area contributed by atoms with Crippen LogP contribution in [0.25, 0.3) is 0 Å². The lowest BCUT2D eigenvalue weighted by atomic mass is 10.1. The molecule has 2 aromatic carbocycles. The van der Waals surface area contributed by atoms with Crippen LogP contribution in [0.5, 0.6) is 5.75 Å². The van der Waals surface area contributed by atoms with Crippen LogP contribution in [0.2, 0.25) is 0 Å². The summed E-state index contributed by atoms with van der Waals surface area (Å²) in [6, 6.07) is 9.40. The lowest BCUT2D eigenvalue weighted by Gasteiger charge is -2.27. The lowest BCUT2D eigenvalue weighted by Crippen LogP contribution is -2.41. The molecule has 0 saturated heterocycles. The number of carbonyl (C=O) groups is 2. The van der Waals surface area contributed by atoms with Crippen molar-refractivity contribution < 1.29 is 23.1 Å². The summed E-state index contributed by atoms with van der Waals surface area (Å²) in [6.07, 6.45) is 0.130. The number of rotatable bonds is 3. The van der Waals surface area contributed by atoms with Crippen molar-refractivity contribution in [3.8, 4) is 5.75 Å². The van der Waals surface area contributed by atoms with Gasteiger partial charge in [0.25, 0.3) is 5.91 Å². The summed E-state index contributed by atoms with van der Waals surface area (Å²) in [7, 11) is 0. The molecule has 0 unspecified atom stereocenters. The minimum atomic E-state index is -0.881. The molecule has 2 amide bonds. The van der Waals surface area contributed by atoms with Crippen LogP contribution < -0.4 is 15.0 Å². The van der Waals surface area contributed by atoms with Crippen LogP contribution in [-0.2, 0) is 9.59 Å². The number of ether oxygens (including phenoxy) is 1. The van der Waals surface area contributed by atoms with E-state index in [0.29, 0.717) is 17.4 Å². The molecule has 0 fully saturated rings. The Morgan fingerprint density at radius 3 is 2.80 bits per heavy atom. The van der Waals surface area contributed by atoms with Crippen LogP contribution in [0.4, 0.5) is 20.2 Å². The van der Waals surface area contributed by atoms with Gasteiger partial charge in [-0.3, -0.25) is 9.59 Å². The van der Waals surface area contributed by atoms with Crippen LogP contribution >= 0.6 is 0 Å². The quantitative estimate of drug-likeness (QED) is 0.929. The van der Waals surface area contributed by atoms with E-state index >= 15 is 0 Å². The third-order valence-corrected chi connectivity index (χ3v) is 3.87. The second-order valence-electron chi connectivity index (χ2n) is 5.75. The number of benzene rings is 2. The Morgan fingerprint density at radius 1 is 1.28 bits per heavy atom. The third-order valence-electron chi connectivity index (χ3n) is 3.87. The molecule has 0 spiro atoms. The number of halogens is 2. The topological polar surface area (TPSA) is 58.6 Å². The molecule has 1 atom stereocenters. The average molecular weight is 346 g/mol. The fourth-order valence-corrected chi connectivity index (χ4v) is 2.77. The summed E-state index contributed by atoms with van der Waals surface area (Å²) in [5.41, 5.74) is 1.08. The summed E-state index contributed by atoms with van der Waals surface area (Å²) >= 11 is 0. The zero-order chi connectivity index (χ0) is 18.0. The van der Waals surface area contributed by atoms with Crippen molar-refractivity contribution >= 4 is 23.2 Å². The molecular formula is C18H16F2N2O3. The molecule has 7 heteroatoms. The van der Waals surface area contributed by atoms with Crippen LogP contribution in [0.3, 0.4) is 0 Å². The molecule has 2 aromatic rings. The summed E-state index contributed by atoms with van der Waals surface area (Å²) in [5.74, 6) is -2.44. The van der Waals surface area contributed by atoms with Gasteiger partial charge < -0.3 is 15.0 Å². The first-order valence-corrected chi connectivity index (χ1v) is 7.74. The van der Waals surface area contributed by atoms with Gasteiger partial charge in [0, 0.05) is 18.5 Å². The highest BCUT2D eigenvalue weighted by molar-refractivity contribution is 6.04. The smallest absolute Gasteiger partial charge is 0.265 e. The van der Waals surface area contributed by atoms with Gasteiger partial charge in [-0.05, 0) is 31.2 Å². The molecule has 1 heterocycles. The van der Waals surface area contributed by atoms with Crippen molar-refractivity contribution in [1.29, 1.82) is 0 Å². The van der Waals surface area contributed by atoms with Crippen LogP contribution in [0, 0.1) is 11.6 Å². The number of para-hydroxylation sites is 2. The minimum Gasteiger partial charge on any atom is -0.481 e. The predicted octanol–water partition coefficient (Wildman–Crippen LogP) is 3.11. The zero-order valence-electron chi connectivity index (χ0n) is 13.5. The second-order valence-corrected chi connectivity index (χ2v) is 5.75. The number of nitrogens with zero attached hydrogens (tertiary/aromatic N) is 1. The van der Waals surface area contributed by atoms with E-state index < -0.39 is 30.2 Å². The van der Waals surface area contributed by atoms with Crippen molar-refractivity contribution in [3.63, 3.8) is 0 Å². The standard InChI is InChI=1S/C18H16F2N2O3/c1-11-8-17(23)21-14-4-2-3-5-15(14)22(11)18(24)10-25-16-7-6-12(19)9-13(16)20/h2-7,9,11H,8,10H2,1H3,(H,21,23)/t11-/m0/s1. The summed E-state index contributed by atoms with van der Waals surface area (Å²) in [5, 5.41) is 2.75. The van der Waals surface area contributed by atoms with Crippen molar-refractivity contribution in [1.82, 2.24) is 0 Å². The minimum absolute atomic E-state index is 0.130. The van der Waals surface area contributed by atoms with Crippen LogP contribution in [0.15, 0.2) is 42.5 Å². The fraction of sp³-hybridized carbons (Fsp3) is 0.222. The number of nitrogens with one attached hydrogen (secondary N) is 1. The van der Waals surface area contributed by atoms with Gasteiger partial charge >= 0.3 is 0 Å². The highest BCUT2D eigenvalue weighted by Gasteiger charge is 2.29. The number of amides is 2. The van der Waals surface area contributed by atoms with Gasteiger partial charge in [0.15, 0.2) is 18.2 Å². The highest BCUT2D eigenvalue weighted by Crippen LogP contribution is 2.31. The van der Waals surface area contributed by atoms with Crippen molar-refractivity contribution in [2.24, 2.45) is 0 Å². The predicted molar refractivity (Wildman–Crippen MR) is 88.5 cm³/mol. The number of fused-ring (bicyclic) bond motifs is 1. The van der Waals surface area contributed by atoms with Gasteiger partial charge in [0.1, 0.15) is 5.82 Å². The molecule has 130 valence electrons. The maximum absolute atomic E-state index is 13.6. The summed E-state index contributed by atoms with van der Waals surface area (Å²) in [4.78, 5) is 26.0. The van der Waals surface area contributed by atoms with Gasteiger partial charge in [-0.1, -0.05) is 12.1 Å². The Kier molecular flexibility index (Phi) is 4.65. The van der Waals surface area contributed by atoms with Crippen LogP contribution in [-0.4, -0.2) is 24.5 Å². The number of hydrogen-bond donors (Lipinski definition) is 1. The SMILES string of the molecule is C[C@H]1CC(=O)Nc2ccccc2N1C(=O)COc1ccc(F)cc1F. The molecule has 0 radical (unpaired) electrons. The van der Waals surface area contributed by atoms with Gasteiger partial charge in [-0.15, -0.1) is 0 Å². The normalized spacial score (nSPS) is 16.7. The van der Waals surface area contributed by atoms with Gasteiger partial charge in [-0.25, -0.2) is 8.78 Å². The molecule has 0 aliphatic carbocycles. The third kappa shape index (κ3) is 3.60. The Morgan fingerprint density at radius 2 is 2.04 bits per heavy atom. The average Bonchev–Trinajstić information content (AvgIpc) is 2.68. The van der Waals surface area contributed by atoms with Crippen molar-refractivity contribution in [2.75, 3.05) is 16.8 Å². The largest absolute Gasteiger partial charge is 0.481 e. The molecule has 3 rings (SSSR count). The van der Waals surface area contributed by atoms with Gasteiger partial charge in [0.05, 0.1) is 11.4 Å². The first-order chi connectivity index (χ1) is 12.0. The lowest BCUT2D eigenvalue weighted by molar-refractivity contribution is -0.121. The molecule has 1 N–H and O–H groups in total. The van der Waals surface area contributed by atoms with E-state index in [9.17, 15) is 18.4 Å². The summed E-state index contributed by atoms with van der Waals surface area (Å²) < 4.78 is 31.8. The molecular weight excluding hydrogens is 330 g/mol. The Labute approximate surface area is 143 Å². The van der Waals surface area contributed by atoms with E-state index in [0.717, 1.165) is 12.1 Å². The number of anilines is 2. The molecule has 25 heavy (non-hydrogen) atoms. The molecule has 1 aliphatic heterocycles. The molecule has 0 saturated carbocycles.